The molecule has 0 aliphatic heterocycles. The number of aromatic nitrogens is 1. The maximum atomic E-state index is 13.1. The number of para-hydroxylation sites is 1. The van der Waals surface area contributed by atoms with E-state index in [4.69, 9.17) is 0 Å². The largest absolute Gasteiger partial charge is 0.494 e. The maximum Gasteiger partial charge on any atom is 0.265 e. The van der Waals surface area contributed by atoms with Crippen molar-refractivity contribution in [3.05, 3.63) is 99.8 Å². The van der Waals surface area contributed by atoms with E-state index in [-0.39, 0.29) is 11.4 Å². The summed E-state index contributed by atoms with van der Waals surface area (Å²) in [6.07, 6.45) is 1.62. The third-order valence-corrected chi connectivity index (χ3v) is 4.95. The molecule has 0 bridgehead atoms. The number of nitrogens with zero attached hydrogens (tertiary/aromatic N) is 2. The predicted octanol–water partition coefficient (Wildman–Crippen LogP) is 5.06. The zero-order valence-electron chi connectivity index (χ0n) is 15.8. The van der Waals surface area contributed by atoms with Gasteiger partial charge in [-0.1, -0.05) is 42.5 Å². The Hall–Kier alpha value is -3.66. The average molecular weight is 368 g/mol. The molecule has 4 aromatic rings. The Morgan fingerprint density at radius 2 is 1.54 bits per heavy atom. The quantitative estimate of drug-likeness (QED) is 0.514. The van der Waals surface area contributed by atoms with Crippen LogP contribution in [0.5, 0.6) is 5.88 Å². The number of aromatic hydroxyl groups is 1. The number of aryl methyl sites for hydroxylation is 2. The van der Waals surface area contributed by atoms with Crippen molar-refractivity contribution in [3.8, 4) is 11.6 Å². The van der Waals surface area contributed by atoms with Crippen molar-refractivity contribution in [2.45, 2.75) is 13.8 Å². The summed E-state index contributed by atoms with van der Waals surface area (Å²) >= 11 is 0. The molecule has 0 saturated carbocycles. The summed E-state index contributed by atoms with van der Waals surface area (Å²) in [4.78, 5) is 17.6. The van der Waals surface area contributed by atoms with E-state index >= 15 is 0 Å². The second-order valence-electron chi connectivity index (χ2n) is 6.79. The lowest BCUT2D eigenvalue weighted by molar-refractivity contribution is 0.436. The van der Waals surface area contributed by atoms with Crippen LogP contribution in [0.25, 0.3) is 16.5 Å². The first-order valence-electron chi connectivity index (χ1n) is 9.10. The standard InChI is InChI=1S/C24H20N2O2/c1-16-12-13-19(14-17(16)2)26-23(27)21-11-7-6-10-20(21)22(24(26)28)15-25-18-8-4-3-5-9-18/h3-15,28H,1-2H3. The lowest BCUT2D eigenvalue weighted by atomic mass is 10.1. The van der Waals surface area contributed by atoms with Crippen LogP contribution in [-0.2, 0) is 0 Å². The number of fused-ring (bicyclic) bond motifs is 1. The Balaban J connectivity index is 2.00. The Kier molecular flexibility index (Phi) is 4.53. The highest BCUT2D eigenvalue weighted by Crippen LogP contribution is 2.27. The van der Waals surface area contributed by atoms with E-state index in [1.165, 1.54) is 4.57 Å². The van der Waals surface area contributed by atoms with E-state index in [2.05, 4.69) is 4.99 Å². The molecule has 0 fully saturated rings. The van der Waals surface area contributed by atoms with Gasteiger partial charge >= 0.3 is 0 Å². The van der Waals surface area contributed by atoms with Crippen LogP contribution < -0.4 is 5.56 Å². The molecule has 0 saturated heterocycles. The lowest BCUT2D eigenvalue weighted by Gasteiger charge is -2.14. The van der Waals surface area contributed by atoms with E-state index < -0.39 is 0 Å². The van der Waals surface area contributed by atoms with Crippen LogP contribution >= 0.6 is 0 Å². The highest BCUT2D eigenvalue weighted by atomic mass is 16.3. The van der Waals surface area contributed by atoms with Gasteiger partial charge in [0.1, 0.15) is 0 Å². The molecule has 3 aromatic carbocycles. The molecule has 0 radical (unpaired) electrons. The van der Waals surface area contributed by atoms with Gasteiger partial charge in [0.05, 0.1) is 16.9 Å². The van der Waals surface area contributed by atoms with Gasteiger partial charge < -0.3 is 5.11 Å². The molecule has 0 unspecified atom stereocenters. The third kappa shape index (κ3) is 3.09. The van der Waals surface area contributed by atoms with E-state index in [9.17, 15) is 9.90 Å². The van der Waals surface area contributed by atoms with Crippen LogP contribution in [0.15, 0.2) is 82.6 Å². The zero-order chi connectivity index (χ0) is 19.7. The topological polar surface area (TPSA) is 54.6 Å². The normalized spacial score (nSPS) is 11.4. The second-order valence-corrected chi connectivity index (χ2v) is 6.79. The van der Waals surface area contributed by atoms with Gasteiger partial charge in [0, 0.05) is 17.0 Å². The summed E-state index contributed by atoms with van der Waals surface area (Å²) < 4.78 is 1.35. The summed E-state index contributed by atoms with van der Waals surface area (Å²) in [6, 6.07) is 22.5. The fourth-order valence-corrected chi connectivity index (χ4v) is 3.25. The van der Waals surface area contributed by atoms with Gasteiger partial charge in [0.25, 0.3) is 5.56 Å². The van der Waals surface area contributed by atoms with Crippen molar-refractivity contribution in [1.82, 2.24) is 4.57 Å². The van der Waals surface area contributed by atoms with E-state index in [1.807, 2.05) is 80.6 Å². The van der Waals surface area contributed by atoms with Gasteiger partial charge in [0.15, 0.2) is 0 Å². The number of hydrogen-bond acceptors (Lipinski definition) is 3. The Bertz CT molecular complexity index is 1260. The third-order valence-electron chi connectivity index (χ3n) is 4.95. The second kappa shape index (κ2) is 7.16. The van der Waals surface area contributed by atoms with Crippen molar-refractivity contribution in [3.63, 3.8) is 0 Å². The molecule has 0 atom stereocenters. The summed E-state index contributed by atoms with van der Waals surface area (Å²) in [5, 5.41) is 12.2. The van der Waals surface area contributed by atoms with Gasteiger partial charge in [-0.25, -0.2) is 4.57 Å². The Labute approximate surface area is 163 Å². The summed E-state index contributed by atoms with van der Waals surface area (Å²) in [6.45, 7) is 4.00. The van der Waals surface area contributed by atoms with Crippen LogP contribution in [0, 0.1) is 13.8 Å². The van der Waals surface area contributed by atoms with Crippen LogP contribution in [0.4, 0.5) is 5.69 Å². The van der Waals surface area contributed by atoms with Crippen LogP contribution in [0.2, 0.25) is 0 Å². The molecule has 4 heteroatoms. The molecule has 28 heavy (non-hydrogen) atoms. The maximum absolute atomic E-state index is 13.1. The van der Waals surface area contributed by atoms with Gasteiger partial charge in [-0.2, -0.15) is 0 Å². The van der Waals surface area contributed by atoms with E-state index in [1.54, 1.807) is 12.3 Å². The van der Waals surface area contributed by atoms with Gasteiger partial charge in [-0.15, -0.1) is 0 Å². The first-order chi connectivity index (χ1) is 13.6. The Morgan fingerprint density at radius 1 is 0.857 bits per heavy atom. The van der Waals surface area contributed by atoms with Crippen molar-refractivity contribution < 1.29 is 5.11 Å². The van der Waals surface area contributed by atoms with Crippen molar-refractivity contribution in [2.24, 2.45) is 4.99 Å². The number of benzene rings is 3. The summed E-state index contributed by atoms with van der Waals surface area (Å²) in [7, 11) is 0. The SMILES string of the molecule is Cc1ccc(-n2c(O)c(C=Nc3ccccc3)c3ccccc3c2=O)cc1C. The average Bonchev–Trinajstić information content (AvgIpc) is 2.71. The molecule has 1 heterocycles. The molecule has 4 nitrogen and oxygen atoms in total. The summed E-state index contributed by atoms with van der Waals surface area (Å²) in [5.74, 6) is -0.119. The molecule has 0 aliphatic rings. The van der Waals surface area contributed by atoms with Crippen LogP contribution in [0.3, 0.4) is 0 Å². The molecule has 138 valence electrons. The number of hydrogen-bond donors (Lipinski definition) is 1. The van der Waals surface area contributed by atoms with Gasteiger partial charge in [0.2, 0.25) is 5.88 Å². The minimum absolute atomic E-state index is 0.119. The fraction of sp³-hybridized carbons (Fsp3) is 0.0833. The highest BCUT2D eigenvalue weighted by molar-refractivity contribution is 6.02. The Morgan fingerprint density at radius 3 is 2.25 bits per heavy atom. The van der Waals surface area contributed by atoms with Gasteiger partial charge in [-0.3, -0.25) is 9.79 Å². The lowest BCUT2D eigenvalue weighted by Crippen LogP contribution is -2.20. The molecular weight excluding hydrogens is 348 g/mol. The first-order valence-corrected chi connectivity index (χ1v) is 9.10. The molecule has 4 rings (SSSR count). The number of rotatable bonds is 3. The molecule has 1 N–H and O–H groups in total. The molecule has 1 aromatic heterocycles. The van der Waals surface area contributed by atoms with Gasteiger partial charge in [-0.05, 0) is 55.3 Å². The van der Waals surface area contributed by atoms with Crippen molar-refractivity contribution >= 4 is 22.7 Å². The van der Waals surface area contributed by atoms with E-state index in [0.29, 0.717) is 22.0 Å². The van der Waals surface area contributed by atoms with Crippen molar-refractivity contribution in [2.75, 3.05) is 0 Å². The minimum Gasteiger partial charge on any atom is -0.494 e. The number of aliphatic imine (C=N–C) groups is 1. The molecule has 0 aliphatic carbocycles. The monoisotopic (exact) mass is 368 g/mol. The fourth-order valence-electron chi connectivity index (χ4n) is 3.25. The summed E-state index contributed by atoms with van der Waals surface area (Å²) in [5.41, 5.74) is 3.84. The molecule has 0 amide bonds. The van der Waals surface area contributed by atoms with Crippen LogP contribution in [-0.4, -0.2) is 15.9 Å². The highest BCUT2D eigenvalue weighted by Gasteiger charge is 2.16. The molecule has 0 spiro atoms. The van der Waals surface area contributed by atoms with E-state index in [0.717, 1.165) is 16.8 Å². The smallest absolute Gasteiger partial charge is 0.265 e. The number of pyridine rings is 1. The first kappa shape index (κ1) is 17.7. The molecular formula is C24H20N2O2. The van der Waals surface area contributed by atoms with Crippen molar-refractivity contribution in [1.29, 1.82) is 0 Å². The van der Waals surface area contributed by atoms with Crippen LogP contribution in [0.1, 0.15) is 16.7 Å². The predicted molar refractivity (Wildman–Crippen MR) is 114 cm³/mol. The zero-order valence-corrected chi connectivity index (χ0v) is 15.8. The minimum atomic E-state index is -0.256.